The summed E-state index contributed by atoms with van der Waals surface area (Å²) in [6.45, 7) is 3.65. The zero-order chi connectivity index (χ0) is 15.8. The summed E-state index contributed by atoms with van der Waals surface area (Å²) in [5, 5.41) is 0. The number of ether oxygens (including phenoxy) is 1. The molecule has 0 unspecified atom stereocenters. The standard InChI is InChI=1S/C16H24N2O3/c1-13-6-5-7-14(12-13)16(20)18(11-10-17(2)3)9-8-15(19)21-4/h5-7,12H,8-11H2,1-4H3. The van der Waals surface area contributed by atoms with E-state index >= 15 is 0 Å². The summed E-state index contributed by atoms with van der Waals surface area (Å²) in [6.07, 6.45) is 0.210. The van der Waals surface area contributed by atoms with Crippen molar-refractivity contribution in [3.63, 3.8) is 0 Å². The zero-order valence-electron chi connectivity index (χ0n) is 13.3. The minimum Gasteiger partial charge on any atom is -0.469 e. The molecule has 1 rings (SSSR count). The van der Waals surface area contributed by atoms with Gasteiger partial charge in [-0.15, -0.1) is 0 Å². The lowest BCUT2D eigenvalue weighted by molar-refractivity contribution is -0.140. The monoisotopic (exact) mass is 292 g/mol. The largest absolute Gasteiger partial charge is 0.469 e. The molecule has 0 N–H and O–H groups in total. The zero-order valence-corrected chi connectivity index (χ0v) is 13.3. The average molecular weight is 292 g/mol. The average Bonchev–Trinajstić information content (AvgIpc) is 2.46. The number of methoxy groups -OCH3 is 1. The number of aryl methyl sites for hydroxylation is 1. The molecule has 0 aromatic heterocycles. The Bertz CT molecular complexity index is 486. The van der Waals surface area contributed by atoms with Crippen molar-refractivity contribution in [2.24, 2.45) is 0 Å². The second kappa shape index (κ2) is 8.42. The second-order valence-electron chi connectivity index (χ2n) is 5.29. The molecule has 0 aliphatic heterocycles. The first kappa shape index (κ1) is 17.2. The minimum atomic E-state index is -0.304. The van der Waals surface area contributed by atoms with E-state index in [1.54, 1.807) is 11.0 Å². The normalized spacial score (nSPS) is 10.5. The van der Waals surface area contributed by atoms with Gasteiger partial charge in [0.1, 0.15) is 0 Å². The molecule has 0 radical (unpaired) electrons. The van der Waals surface area contributed by atoms with Crippen molar-refractivity contribution in [3.05, 3.63) is 35.4 Å². The maximum absolute atomic E-state index is 12.6. The highest BCUT2D eigenvalue weighted by molar-refractivity contribution is 5.94. The van der Waals surface area contributed by atoms with E-state index in [9.17, 15) is 9.59 Å². The van der Waals surface area contributed by atoms with E-state index in [0.29, 0.717) is 18.7 Å². The molecule has 1 amide bonds. The van der Waals surface area contributed by atoms with E-state index in [1.807, 2.05) is 44.1 Å². The van der Waals surface area contributed by atoms with Crippen LogP contribution in [0.5, 0.6) is 0 Å². The van der Waals surface area contributed by atoms with E-state index in [2.05, 4.69) is 4.74 Å². The Morgan fingerprint density at radius 2 is 1.86 bits per heavy atom. The first-order valence-electron chi connectivity index (χ1n) is 7.01. The number of rotatable bonds is 7. The van der Waals surface area contributed by atoms with Gasteiger partial charge in [0.05, 0.1) is 13.5 Å². The van der Waals surface area contributed by atoms with Crippen LogP contribution in [0.2, 0.25) is 0 Å². The highest BCUT2D eigenvalue weighted by atomic mass is 16.5. The first-order valence-corrected chi connectivity index (χ1v) is 7.01. The summed E-state index contributed by atoms with van der Waals surface area (Å²) in [4.78, 5) is 27.6. The van der Waals surface area contributed by atoms with Gasteiger partial charge in [0.2, 0.25) is 0 Å². The summed E-state index contributed by atoms with van der Waals surface area (Å²) in [5.41, 5.74) is 1.69. The molecule has 116 valence electrons. The van der Waals surface area contributed by atoms with Crippen LogP contribution in [-0.2, 0) is 9.53 Å². The molecule has 0 saturated heterocycles. The number of esters is 1. The molecular formula is C16H24N2O3. The van der Waals surface area contributed by atoms with Crippen LogP contribution >= 0.6 is 0 Å². The van der Waals surface area contributed by atoms with Gasteiger partial charge in [-0.05, 0) is 33.2 Å². The van der Waals surface area contributed by atoms with Crippen LogP contribution in [0.25, 0.3) is 0 Å². The molecular weight excluding hydrogens is 268 g/mol. The van der Waals surface area contributed by atoms with Crippen molar-refractivity contribution in [1.82, 2.24) is 9.80 Å². The Morgan fingerprint density at radius 3 is 2.43 bits per heavy atom. The molecule has 1 aromatic carbocycles. The fourth-order valence-electron chi connectivity index (χ4n) is 1.92. The van der Waals surface area contributed by atoms with Crippen molar-refractivity contribution in [2.45, 2.75) is 13.3 Å². The fraction of sp³-hybridized carbons (Fsp3) is 0.500. The number of benzene rings is 1. The van der Waals surface area contributed by atoms with Crippen LogP contribution in [-0.4, -0.2) is 62.5 Å². The van der Waals surface area contributed by atoms with Gasteiger partial charge in [0.25, 0.3) is 5.91 Å². The Hall–Kier alpha value is -1.88. The minimum absolute atomic E-state index is 0.0514. The Kier molecular flexibility index (Phi) is 6.88. The summed E-state index contributed by atoms with van der Waals surface area (Å²) < 4.78 is 4.64. The highest BCUT2D eigenvalue weighted by Crippen LogP contribution is 2.09. The molecule has 5 nitrogen and oxygen atoms in total. The van der Waals surface area contributed by atoms with Crippen molar-refractivity contribution in [1.29, 1.82) is 0 Å². The van der Waals surface area contributed by atoms with E-state index in [4.69, 9.17) is 0 Å². The SMILES string of the molecule is COC(=O)CCN(CCN(C)C)C(=O)c1cccc(C)c1. The van der Waals surface area contributed by atoms with E-state index in [0.717, 1.165) is 12.1 Å². The van der Waals surface area contributed by atoms with Crippen LogP contribution in [0.15, 0.2) is 24.3 Å². The molecule has 0 aliphatic carbocycles. The van der Waals surface area contributed by atoms with Crippen LogP contribution < -0.4 is 0 Å². The summed E-state index contributed by atoms with van der Waals surface area (Å²) in [5.74, 6) is -0.355. The number of carbonyl (C=O) groups is 2. The van der Waals surface area contributed by atoms with Gasteiger partial charge in [-0.25, -0.2) is 0 Å². The maximum Gasteiger partial charge on any atom is 0.307 e. The predicted octanol–water partition coefficient (Wildman–Crippen LogP) is 1.56. The topological polar surface area (TPSA) is 49.9 Å². The summed E-state index contributed by atoms with van der Waals surface area (Å²) in [7, 11) is 5.26. The number of hydrogen-bond donors (Lipinski definition) is 0. The van der Waals surface area contributed by atoms with Gasteiger partial charge in [-0.2, -0.15) is 0 Å². The number of hydrogen-bond acceptors (Lipinski definition) is 4. The smallest absolute Gasteiger partial charge is 0.307 e. The lowest BCUT2D eigenvalue weighted by Crippen LogP contribution is -2.38. The van der Waals surface area contributed by atoms with Gasteiger partial charge in [0, 0.05) is 25.2 Å². The van der Waals surface area contributed by atoms with Crippen LogP contribution in [0.1, 0.15) is 22.3 Å². The molecule has 5 heteroatoms. The Labute approximate surface area is 126 Å². The maximum atomic E-state index is 12.6. The second-order valence-corrected chi connectivity index (χ2v) is 5.29. The number of carbonyl (C=O) groups excluding carboxylic acids is 2. The van der Waals surface area contributed by atoms with Crippen LogP contribution in [0.3, 0.4) is 0 Å². The molecule has 1 aromatic rings. The molecule has 0 atom stereocenters. The third-order valence-electron chi connectivity index (χ3n) is 3.18. The van der Waals surface area contributed by atoms with Crippen molar-refractivity contribution >= 4 is 11.9 Å². The lowest BCUT2D eigenvalue weighted by Gasteiger charge is -2.24. The molecule has 0 saturated carbocycles. The summed E-state index contributed by atoms with van der Waals surface area (Å²) in [6, 6.07) is 7.49. The number of amides is 1. The predicted molar refractivity (Wildman–Crippen MR) is 82.3 cm³/mol. The van der Waals surface area contributed by atoms with Crippen molar-refractivity contribution in [3.8, 4) is 0 Å². The molecule has 0 aliphatic rings. The molecule has 0 fully saturated rings. The van der Waals surface area contributed by atoms with Crippen LogP contribution in [0.4, 0.5) is 0 Å². The molecule has 0 bridgehead atoms. The van der Waals surface area contributed by atoms with Gasteiger partial charge < -0.3 is 14.5 Å². The third kappa shape index (κ3) is 5.95. The molecule has 21 heavy (non-hydrogen) atoms. The summed E-state index contributed by atoms with van der Waals surface area (Å²) >= 11 is 0. The first-order chi connectivity index (χ1) is 9.93. The van der Waals surface area contributed by atoms with E-state index < -0.39 is 0 Å². The van der Waals surface area contributed by atoms with Crippen molar-refractivity contribution in [2.75, 3.05) is 40.8 Å². The van der Waals surface area contributed by atoms with Gasteiger partial charge in [-0.3, -0.25) is 9.59 Å². The Morgan fingerprint density at radius 1 is 1.14 bits per heavy atom. The Balaban J connectivity index is 2.78. The molecule has 0 spiro atoms. The highest BCUT2D eigenvalue weighted by Gasteiger charge is 2.17. The van der Waals surface area contributed by atoms with Gasteiger partial charge in [-0.1, -0.05) is 17.7 Å². The number of likely N-dealkylation sites (N-methyl/N-ethyl adjacent to an activating group) is 1. The number of nitrogens with zero attached hydrogens (tertiary/aromatic N) is 2. The van der Waals surface area contributed by atoms with Crippen LogP contribution in [0, 0.1) is 6.92 Å². The van der Waals surface area contributed by atoms with E-state index in [-0.39, 0.29) is 18.3 Å². The fourth-order valence-corrected chi connectivity index (χ4v) is 1.92. The van der Waals surface area contributed by atoms with Gasteiger partial charge in [0.15, 0.2) is 0 Å². The van der Waals surface area contributed by atoms with E-state index in [1.165, 1.54) is 7.11 Å². The third-order valence-corrected chi connectivity index (χ3v) is 3.18. The molecule has 0 heterocycles. The van der Waals surface area contributed by atoms with Gasteiger partial charge >= 0.3 is 5.97 Å². The quantitative estimate of drug-likeness (QED) is 0.716. The van der Waals surface area contributed by atoms with Crippen molar-refractivity contribution < 1.29 is 14.3 Å². The lowest BCUT2D eigenvalue weighted by atomic mass is 10.1.